The first-order chi connectivity index (χ1) is 4.13. The molecule has 10 heavy (non-hydrogen) atoms. The van der Waals surface area contributed by atoms with Crippen LogP contribution in [0.1, 0.15) is 30.5 Å². The number of hydrogen-bond acceptors (Lipinski definition) is 1. The minimum atomic E-state index is 0. The summed E-state index contributed by atoms with van der Waals surface area (Å²) in [5.74, 6) is 1.34. The first-order valence-electron chi connectivity index (χ1n) is 3.70. The molecule has 0 aromatic heterocycles. The molecule has 0 aliphatic carbocycles. The van der Waals surface area contributed by atoms with E-state index in [1.165, 1.54) is 0 Å². The molecular weight excluding hydrogens is 152 g/mol. The van der Waals surface area contributed by atoms with Crippen molar-refractivity contribution in [3.05, 3.63) is 0 Å². The topological polar surface area (TPSA) is 9.23 Å². The van der Waals surface area contributed by atoms with Crippen LogP contribution in [0, 0.1) is 11.8 Å². The number of ether oxygens (including phenoxy) is 1. The molecule has 0 radical (unpaired) electrons. The van der Waals surface area contributed by atoms with E-state index in [1.807, 2.05) is 0 Å². The zero-order chi connectivity index (χ0) is 7.28. The van der Waals surface area contributed by atoms with Gasteiger partial charge in [-0.1, -0.05) is 27.7 Å². The average Bonchev–Trinajstić information content (AvgIpc) is 1.63. The fraction of sp³-hybridized carbons (Fsp3) is 1.00. The third-order valence-electron chi connectivity index (χ3n) is 0.902. The van der Waals surface area contributed by atoms with E-state index in [1.54, 1.807) is 0 Å². The Bertz CT molecular complexity index is 62.1. The van der Waals surface area contributed by atoms with Crippen LogP contribution in [0.25, 0.3) is 0 Å². The molecule has 0 spiro atoms. The third kappa shape index (κ3) is 12.0. The molecule has 0 aliphatic heterocycles. The van der Waals surface area contributed by atoms with E-state index in [-0.39, 0.29) is 40.6 Å². The largest absolute Gasteiger partial charge is 2.00 e. The summed E-state index contributed by atoms with van der Waals surface area (Å²) >= 11 is 0. The minimum absolute atomic E-state index is 0. The van der Waals surface area contributed by atoms with Crippen molar-refractivity contribution in [3.63, 3.8) is 0 Å². The molecule has 0 aliphatic rings. The summed E-state index contributed by atoms with van der Waals surface area (Å²) in [5, 5.41) is 0. The molecule has 0 bridgehead atoms. The maximum Gasteiger partial charge on any atom is 2.00 e. The second-order valence-electron chi connectivity index (χ2n) is 3.33. The van der Waals surface area contributed by atoms with Gasteiger partial charge in [0.1, 0.15) is 0 Å². The Labute approximate surface area is 97.5 Å². The Morgan fingerprint density at radius 1 is 1.00 bits per heavy atom. The van der Waals surface area contributed by atoms with Gasteiger partial charge in [-0.2, -0.15) is 0 Å². The van der Waals surface area contributed by atoms with Crippen molar-refractivity contribution in [1.82, 2.24) is 0 Å². The van der Waals surface area contributed by atoms with Gasteiger partial charge in [-0.15, -0.1) is 0 Å². The predicted octanol–water partition coefficient (Wildman–Crippen LogP) is 2.16. The molecule has 0 heterocycles. The summed E-state index contributed by atoms with van der Waals surface area (Å²) in [4.78, 5) is 0. The fourth-order valence-electron chi connectivity index (χ4n) is 0.539. The van der Waals surface area contributed by atoms with Crippen molar-refractivity contribution >= 4 is 37.7 Å². The van der Waals surface area contributed by atoms with Crippen LogP contribution in [-0.4, -0.2) is 51.0 Å². The first kappa shape index (κ1) is 13.8. The SMILES string of the molecule is CC(C)COCC(C)C.[Ca+2].[H-].[H-]. The Kier molecular flexibility index (Phi) is 11.5. The zero-order valence-electron chi connectivity index (χ0n) is 9.68. The van der Waals surface area contributed by atoms with Crippen molar-refractivity contribution in [2.45, 2.75) is 27.7 Å². The van der Waals surface area contributed by atoms with E-state index in [9.17, 15) is 0 Å². The van der Waals surface area contributed by atoms with Gasteiger partial charge in [0.15, 0.2) is 0 Å². The van der Waals surface area contributed by atoms with E-state index in [2.05, 4.69) is 27.7 Å². The smallest absolute Gasteiger partial charge is 1.00 e. The van der Waals surface area contributed by atoms with Crippen LogP contribution in [-0.2, 0) is 4.74 Å². The second kappa shape index (κ2) is 8.32. The van der Waals surface area contributed by atoms with Crippen LogP contribution in [0.3, 0.4) is 0 Å². The maximum absolute atomic E-state index is 5.36. The van der Waals surface area contributed by atoms with Gasteiger partial charge in [-0.25, -0.2) is 0 Å². The monoisotopic (exact) mass is 172 g/mol. The Hall–Kier alpha value is 1.22. The first-order valence-corrected chi connectivity index (χ1v) is 3.70. The van der Waals surface area contributed by atoms with Gasteiger partial charge in [-0.05, 0) is 11.8 Å². The zero-order valence-corrected chi connectivity index (χ0v) is 9.89. The van der Waals surface area contributed by atoms with Crippen molar-refractivity contribution in [3.8, 4) is 0 Å². The van der Waals surface area contributed by atoms with Crippen molar-refractivity contribution < 1.29 is 7.59 Å². The van der Waals surface area contributed by atoms with E-state index >= 15 is 0 Å². The van der Waals surface area contributed by atoms with Gasteiger partial charge >= 0.3 is 37.7 Å². The van der Waals surface area contributed by atoms with Crippen LogP contribution in [0.4, 0.5) is 0 Å². The van der Waals surface area contributed by atoms with Crippen LogP contribution in [0.15, 0.2) is 0 Å². The molecule has 0 rings (SSSR count). The van der Waals surface area contributed by atoms with E-state index in [0.29, 0.717) is 11.8 Å². The van der Waals surface area contributed by atoms with Crippen LogP contribution < -0.4 is 0 Å². The summed E-state index contributed by atoms with van der Waals surface area (Å²) in [6.45, 7) is 10.5. The van der Waals surface area contributed by atoms with Gasteiger partial charge in [0.05, 0.1) is 0 Å². The van der Waals surface area contributed by atoms with Gasteiger partial charge in [-0.3, -0.25) is 0 Å². The third-order valence-corrected chi connectivity index (χ3v) is 0.902. The number of hydrogen-bond donors (Lipinski definition) is 0. The molecule has 0 atom stereocenters. The standard InChI is InChI=1S/C8H18O.Ca.2H/c1-7(2)5-9-6-8(3)4;;;/h7-8H,5-6H2,1-4H3;;;/q;+2;2*-1. The van der Waals surface area contributed by atoms with Crippen molar-refractivity contribution in [2.75, 3.05) is 13.2 Å². The van der Waals surface area contributed by atoms with Gasteiger partial charge in [0.25, 0.3) is 0 Å². The van der Waals surface area contributed by atoms with E-state index in [0.717, 1.165) is 13.2 Å². The molecular formula is C8H20CaO. The van der Waals surface area contributed by atoms with Crippen LogP contribution in [0.5, 0.6) is 0 Å². The van der Waals surface area contributed by atoms with Crippen molar-refractivity contribution in [1.29, 1.82) is 0 Å². The summed E-state index contributed by atoms with van der Waals surface area (Å²) in [6.07, 6.45) is 0. The normalized spacial score (nSPS) is 10.2. The molecule has 0 N–H and O–H groups in total. The predicted molar refractivity (Wildman–Crippen MR) is 48.5 cm³/mol. The number of rotatable bonds is 4. The van der Waals surface area contributed by atoms with Crippen LogP contribution in [0.2, 0.25) is 0 Å². The Morgan fingerprint density at radius 3 is 1.50 bits per heavy atom. The maximum atomic E-state index is 5.36. The van der Waals surface area contributed by atoms with Crippen molar-refractivity contribution in [2.24, 2.45) is 11.8 Å². The molecule has 60 valence electrons. The molecule has 2 heteroatoms. The molecule has 1 nitrogen and oxygen atoms in total. The summed E-state index contributed by atoms with van der Waals surface area (Å²) in [5.41, 5.74) is 0. The molecule has 0 aromatic rings. The summed E-state index contributed by atoms with van der Waals surface area (Å²) < 4.78 is 5.36. The molecule has 0 amide bonds. The minimum Gasteiger partial charge on any atom is -1.00 e. The van der Waals surface area contributed by atoms with Gasteiger partial charge < -0.3 is 7.59 Å². The van der Waals surface area contributed by atoms with E-state index in [4.69, 9.17) is 4.74 Å². The van der Waals surface area contributed by atoms with Gasteiger partial charge in [0.2, 0.25) is 0 Å². The molecule has 0 fully saturated rings. The summed E-state index contributed by atoms with van der Waals surface area (Å²) in [6, 6.07) is 0. The van der Waals surface area contributed by atoms with E-state index < -0.39 is 0 Å². The quantitative estimate of drug-likeness (QED) is 0.590. The van der Waals surface area contributed by atoms with Gasteiger partial charge in [0, 0.05) is 13.2 Å². The van der Waals surface area contributed by atoms with Crippen LogP contribution >= 0.6 is 0 Å². The Balaban J connectivity index is -0.000000107. The Morgan fingerprint density at radius 2 is 1.30 bits per heavy atom. The molecule has 0 saturated heterocycles. The molecule has 0 saturated carbocycles. The molecule has 0 unspecified atom stereocenters. The second-order valence-corrected chi connectivity index (χ2v) is 3.33. The average molecular weight is 172 g/mol. The molecule has 0 aromatic carbocycles. The summed E-state index contributed by atoms with van der Waals surface area (Å²) in [7, 11) is 0. The fourth-order valence-corrected chi connectivity index (χ4v) is 0.539.